The summed E-state index contributed by atoms with van der Waals surface area (Å²) in [5.74, 6) is -0.220. The first-order chi connectivity index (χ1) is 10.1. The van der Waals surface area contributed by atoms with Gasteiger partial charge in [-0.2, -0.15) is 5.10 Å². The van der Waals surface area contributed by atoms with Crippen LogP contribution in [-0.4, -0.2) is 32.9 Å². The Morgan fingerprint density at radius 2 is 2.05 bits per heavy atom. The van der Waals surface area contributed by atoms with Gasteiger partial charge in [0.1, 0.15) is 0 Å². The lowest BCUT2D eigenvalue weighted by Crippen LogP contribution is -2.46. The molecule has 21 heavy (non-hydrogen) atoms. The smallest absolute Gasteiger partial charge is 0.272 e. The predicted octanol–water partition coefficient (Wildman–Crippen LogP) is 2.15. The molecule has 0 saturated carbocycles. The monoisotopic (exact) mass is 287 g/mol. The first-order valence-corrected chi connectivity index (χ1v) is 7.12. The quantitative estimate of drug-likeness (QED) is 0.855. The highest BCUT2D eigenvalue weighted by atomic mass is 16.3. The summed E-state index contributed by atoms with van der Waals surface area (Å²) in [6.07, 6.45) is 3.03. The lowest BCUT2D eigenvalue weighted by atomic mass is 9.95. The van der Waals surface area contributed by atoms with Crippen molar-refractivity contribution >= 4 is 5.91 Å². The van der Waals surface area contributed by atoms with Crippen LogP contribution >= 0.6 is 0 Å². The van der Waals surface area contributed by atoms with Gasteiger partial charge < -0.3 is 10.4 Å². The molecule has 0 saturated heterocycles. The summed E-state index contributed by atoms with van der Waals surface area (Å²) in [5.41, 5.74) is 0.865. The van der Waals surface area contributed by atoms with E-state index in [0.29, 0.717) is 12.1 Å². The van der Waals surface area contributed by atoms with E-state index >= 15 is 0 Å². The van der Waals surface area contributed by atoms with Gasteiger partial charge in [0.15, 0.2) is 5.69 Å². The van der Waals surface area contributed by atoms with E-state index in [9.17, 15) is 4.79 Å². The molecule has 0 bridgehead atoms. The molecular formula is C16H21N3O2. The summed E-state index contributed by atoms with van der Waals surface area (Å²) in [4.78, 5) is 12.3. The molecule has 0 aliphatic rings. The predicted molar refractivity (Wildman–Crippen MR) is 81.4 cm³/mol. The first-order valence-electron chi connectivity index (χ1n) is 7.12. The number of hydrogen-bond donors (Lipinski definition) is 2. The standard InChI is InChI=1S/C16H21N3O2/c1-3-16(2,10-12-20)17-15(21)14-9-11-19(18-14)13-7-5-4-6-8-13/h4-9,11,20H,3,10,12H2,1-2H3,(H,17,21). The molecule has 1 heterocycles. The molecule has 0 spiro atoms. The van der Waals surface area contributed by atoms with Gasteiger partial charge in [-0.05, 0) is 38.0 Å². The lowest BCUT2D eigenvalue weighted by molar-refractivity contribution is 0.0880. The van der Waals surface area contributed by atoms with Gasteiger partial charge in [-0.3, -0.25) is 4.79 Å². The number of benzene rings is 1. The molecule has 2 rings (SSSR count). The summed E-state index contributed by atoms with van der Waals surface area (Å²) in [5, 5.41) is 16.3. The van der Waals surface area contributed by atoms with Crippen LogP contribution in [0.15, 0.2) is 42.6 Å². The van der Waals surface area contributed by atoms with E-state index in [2.05, 4.69) is 10.4 Å². The minimum absolute atomic E-state index is 0.0447. The summed E-state index contributed by atoms with van der Waals surface area (Å²) in [6, 6.07) is 11.3. The average molecular weight is 287 g/mol. The zero-order valence-corrected chi connectivity index (χ0v) is 12.4. The van der Waals surface area contributed by atoms with Crippen LogP contribution in [0.1, 0.15) is 37.2 Å². The molecule has 1 unspecified atom stereocenters. The second-order valence-corrected chi connectivity index (χ2v) is 5.32. The Morgan fingerprint density at radius 1 is 1.33 bits per heavy atom. The molecule has 1 atom stereocenters. The van der Waals surface area contributed by atoms with E-state index in [0.717, 1.165) is 12.1 Å². The van der Waals surface area contributed by atoms with E-state index in [1.165, 1.54) is 0 Å². The molecule has 0 aliphatic carbocycles. The van der Waals surface area contributed by atoms with Crippen LogP contribution in [0, 0.1) is 0 Å². The van der Waals surface area contributed by atoms with Gasteiger partial charge in [0, 0.05) is 18.3 Å². The van der Waals surface area contributed by atoms with Gasteiger partial charge in [-0.1, -0.05) is 25.1 Å². The van der Waals surface area contributed by atoms with Crippen molar-refractivity contribution in [1.82, 2.24) is 15.1 Å². The van der Waals surface area contributed by atoms with Crippen LogP contribution in [0.4, 0.5) is 0 Å². The van der Waals surface area contributed by atoms with Gasteiger partial charge in [-0.15, -0.1) is 0 Å². The number of aromatic nitrogens is 2. The van der Waals surface area contributed by atoms with Crippen molar-refractivity contribution in [1.29, 1.82) is 0 Å². The van der Waals surface area contributed by atoms with E-state index in [4.69, 9.17) is 5.11 Å². The Hall–Kier alpha value is -2.14. The third kappa shape index (κ3) is 3.70. The lowest BCUT2D eigenvalue weighted by Gasteiger charge is -2.28. The maximum Gasteiger partial charge on any atom is 0.272 e. The van der Waals surface area contributed by atoms with Crippen LogP contribution in [0.5, 0.6) is 0 Å². The van der Waals surface area contributed by atoms with Crippen molar-refractivity contribution in [2.45, 2.75) is 32.2 Å². The van der Waals surface area contributed by atoms with Gasteiger partial charge in [0.2, 0.25) is 0 Å². The number of hydrogen-bond acceptors (Lipinski definition) is 3. The number of aliphatic hydroxyl groups is 1. The average Bonchev–Trinajstić information content (AvgIpc) is 2.98. The van der Waals surface area contributed by atoms with Crippen LogP contribution in [-0.2, 0) is 0 Å². The Morgan fingerprint density at radius 3 is 2.67 bits per heavy atom. The van der Waals surface area contributed by atoms with Crippen molar-refractivity contribution in [2.75, 3.05) is 6.61 Å². The molecule has 0 radical (unpaired) electrons. The molecule has 1 amide bonds. The fraction of sp³-hybridized carbons (Fsp3) is 0.375. The van der Waals surface area contributed by atoms with Gasteiger partial charge in [-0.25, -0.2) is 4.68 Å². The summed E-state index contributed by atoms with van der Waals surface area (Å²) in [6.45, 7) is 3.96. The SMILES string of the molecule is CCC(C)(CCO)NC(=O)c1ccn(-c2ccccc2)n1. The Balaban J connectivity index is 2.12. The number of nitrogens with zero attached hydrogens (tertiary/aromatic N) is 2. The normalized spacial score (nSPS) is 13.7. The molecule has 1 aromatic carbocycles. The number of para-hydroxylation sites is 1. The number of carbonyl (C=O) groups is 1. The van der Waals surface area contributed by atoms with Crippen molar-refractivity contribution in [3.8, 4) is 5.69 Å². The van der Waals surface area contributed by atoms with Crippen LogP contribution in [0.3, 0.4) is 0 Å². The number of nitrogens with one attached hydrogen (secondary N) is 1. The highest BCUT2D eigenvalue weighted by molar-refractivity contribution is 5.92. The first kappa shape index (κ1) is 15.3. The Bertz CT molecular complexity index is 595. The zero-order chi connectivity index (χ0) is 15.3. The van der Waals surface area contributed by atoms with Crippen molar-refractivity contribution in [3.05, 3.63) is 48.3 Å². The number of rotatable bonds is 6. The molecular weight excluding hydrogens is 266 g/mol. The third-order valence-electron chi connectivity index (χ3n) is 3.70. The van der Waals surface area contributed by atoms with Crippen molar-refractivity contribution in [2.24, 2.45) is 0 Å². The maximum absolute atomic E-state index is 12.3. The van der Waals surface area contributed by atoms with E-state index < -0.39 is 5.54 Å². The molecule has 5 nitrogen and oxygen atoms in total. The molecule has 5 heteroatoms. The number of carbonyl (C=O) groups excluding carboxylic acids is 1. The topological polar surface area (TPSA) is 67.2 Å². The molecule has 0 aliphatic heterocycles. The fourth-order valence-electron chi connectivity index (χ4n) is 2.08. The Labute approximate surface area is 124 Å². The van der Waals surface area contributed by atoms with Gasteiger partial charge in [0.25, 0.3) is 5.91 Å². The summed E-state index contributed by atoms with van der Waals surface area (Å²) >= 11 is 0. The second-order valence-electron chi connectivity index (χ2n) is 5.32. The maximum atomic E-state index is 12.3. The van der Waals surface area contributed by atoms with Crippen LogP contribution in [0.25, 0.3) is 5.69 Å². The van der Waals surface area contributed by atoms with Crippen molar-refractivity contribution in [3.63, 3.8) is 0 Å². The number of aliphatic hydroxyl groups excluding tert-OH is 1. The molecule has 2 aromatic rings. The van der Waals surface area contributed by atoms with E-state index in [1.54, 1.807) is 16.9 Å². The number of amides is 1. The highest BCUT2D eigenvalue weighted by Gasteiger charge is 2.25. The van der Waals surface area contributed by atoms with Crippen molar-refractivity contribution < 1.29 is 9.90 Å². The van der Waals surface area contributed by atoms with E-state index in [-0.39, 0.29) is 12.5 Å². The molecule has 1 aromatic heterocycles. The highest BCUT2D eigenvalue weighted by Crippen LogP contribution is 2.15. The minimum atomic E-state index is -0.414. The van der Waals surface area contributed by atoms with Crippen LogP contribution < -0.4 is 5.32 Å². The van der Waals surface area contributed by atoms with Gasteiger partial charge >= 0.3 is 0 Å². The van der Waals surface area contributed by atoms with Gasteiger partial charge in [0.05, 0.1) is 5.69 Å². The minimum Gasteiger partial charge on any atom is -0.396 e. The largest absolute Gasteiger partial charge is 0.396 e. The fourth-order valence-corrected chi connectivity index (χ4v) is 2.08. The molecule has 0 fully saturated rings. The van der Waals surface area contributed by atoms with E-state index in [1.807, 2.05) is 44.2 Å². The van der Waals surface area contributed by atoms with Crippen LogP contribution in [0.2, 0.25) is 0 Å². The third-order valence-corrected chi connectivity index (χ3v) is 3.70. The second kappa shape index (κ2) is 6.54. The Kier molecular flexibility index (Phi) is 4.75. The molecule has 112 valence electrons. The molecule has 2 N–H and O–H groups in total. The summed E-state index contributed by atoms with van der Waals surface area (Å²) in [7, 11) is 0. The summed E-state index contributed by atoms with van der Waals surface area (Å²) < 4.78 is 1.67. The zero-order valence-electron chi connectivity index (χ0n) is 12.4.